The molecule has 1 aliphatic heterocycles. The average molecular weight is 379 g/mol. The summed E-state index contributed by atoms with van der Waals surface area (Å²) in [5, 5.41) is 11.8. The number of nitrogens with one attached hydrogen (secondary N) is 1. The summed E-state index contributed by atoms with van der Waals surface area (Å²) in [6.45, 7) is 10.6. The van der Waals surface area contributed by atoms with Crippen molar-refractivity contribution in [3.8, 4) is 11.3 Å². The van der Waals surface area contributed by atoms with E-state index in [1.165, 1.54) is 24.0 Å². The SMILES string of the molecule is Cc1noc(-c2cn[nH]c2C2CCCCN2Cc2ccc(C(C)C)cc2)c1C. The molecule has 3 aromatic rings. The standard InChI is InChI=1S/C23H30N4O/c1-15(2)19-10-8-18(9-11-19)14-27-12-6-5-7-21(27)22-20(13-24-25-22)23-16(3)17(4)26-28-23/h8-11,13,15,21H,5-7,12,14H2,1-4H3,(H,24,25). The van der Waals surface area contributed by atoms with Crippen LogP contribution in [0.3, 0.4) is 0 Å². The molecule has 3 heterocycles. The van der Waals surface area contributed by atoms with Gasteiger partial charge >= 0.3 is 0 Å². The smallest absolute Gasteiger partial charge is 0.173 e. The number of piperidine rings is 1. The van der Waals surface area contributed by atoms with Crippen LogP contribution in [0.2, 0.25) is 0 Å². The average Bonchev–Trinajstić information content (AvgIpc) is 3.30. The van der Waals surface area contributed by atoms with Crippen LogP contribution in [0.4, 0.5) is 0 Å². The molecule has 5 nitrogen and oxygen atoms in total. The maximum absolute atomic E-state index is 5.63. The van der Waals surface area contributed by atoms with Gasteiger partial charge < -0.3 is 4.52 Å². The fourth-order valence-electron chi connectivity index (χ4n) is 4.15. The number of likely N-dealkylation sites (tertiary alicyclic amines) is 1. The van der Waals surface area contributed by atoms with Crippen LogP contribution in [0, 0.1) is 13.8 Å². The van der Waals surface area contributed by atoms with Crippen LogP contribution in [-0.2, 0) is 6.54 Å². The second-order valence-electron chi connectivity index (χ2n) is 8.30. The molecule has 2 aromatic heterocycles. The van der Waals surface area contributed by atoms with E-state index in [9.17, 15) is 0 Å². The lowest BCUT2D eigenvalue weighted by Gasteiger charge is -2.35. The van der Waals surface area contributed by atoms with Crippen LogP contribution in [0.1, 0.15) is 73.1 Å². The molecule has 1 aromatic carbocycles. The molecule has 148 valence electrons. The molecule has 1 atom stereocenters. The van der Waals surface area contributed by atoms with Gasteiger partial charge in [-0.15, -0.1) is 0 Å². The van der Waals surface area contributed by atoms with Crippen LogP contribution in [0.25, 0.3) is 11.3 Å². The van der Waals surface area contributed by atoms with E-state index in [0.29, 0.717) is 12.0 Å². The number of hydrogen-bond donors (Lipinski definition) is 1. The molecule has 0 saturated carbocycles. The number of nitrogens with zero attached hydrogens (tertiary/aromatic N) is 3. The first-order valence-corrected chi connectivity index (χ1v) is 10.3. The Morgan fingerprint density at radius 2 is 1.96 bits per heavy atom. The summed E-state index contributed by atoms with van der Waals surface area (Å²) in [5.74, 6) is 1.41. The van der Waals surface area contributed by atoms with Gasteiger partial charge in [0, 0.05) is 12.1 Å². The fourth-order valence-corrected chi connectivity index (χ4v) is 4.15. The van der Waals surface area contributed by atoms with Crippen molar-refractivity contribution in [2.24, 2.45) is 0 Å². The minimum absolute atomic E-state index is 0.320. The highest BCUT2D eigenvalue weighted by Gasteiger charge is 2.29. The Hall–Kier alpha value is -2.40. The number of H-pyrrole nitrogens is 1. The van der Waals surface area contributed by atoms with Crippen LogP contribution in [0.5, 0.6) is 0 Å². The van der Waals surface area contributed by atoms with E-state index < -0.39 is 0 Å². The van der Waals surface area contributed by atoms with Crippen molar-refractivity contribution in [3.63, 3.8) is 0 Å². The lowest BCUT2D eigenvalue weighted by atomic mass is 9.94. The summed E-state index contributed by atoms with van der Waals surface area (Å²) in [6.07, 6.45) is 5.49. The van der Waals surface area contributed by atoms with Crippen molar-refractivity contribution in [2.45, 2.75) is 65.5 Å². The molecule has 0 amide bonds. The Balaban J connectivity index is 1.60. The summed E-state index contributed by atoms with van der Waals surface area (Å²) >= 11 is 0. The Morgan fingerprint density at radius 3 is 2.64 bits per heavy atom. The lowest BCUT2D eigenvalue weighted by molar-refractivity contribution is 0.137. The minimum Gasteiger partial charge on any atom is -0.356 e. The van der Waals surface area contributed by atoms with Gasteiger partial charge in [-0.05, 0) is 50.3 Å². The molecule has 0 bridgehead atoms. The molecule has 0 radical (unpaired) electrons. The van der Waals surface area contributed by atoms with Crippen LogP contribution in [-0.4, -0.2) is 26.8 Å². The molecular weight excluding hydrogens is 348 g/mol. The Morgan fingerprint density at radius 1 is 1.18 bits per heavy atom. The van der Waals surface area contributed by atoms with Gasteiger partial charge in [-0.1, -0.05) is 49.7 Å². The van der Waals surface area contributed by atoms with Gasteiger partial charge in [-0.3, -0.25) is 10.00 Å². The zero-order valence-corrected chi connectivity index (χ0v) is 17.3. The highest BCUT2D eigenvalue weighted by Crippen LogP contribution is 2.37. The number of aryl methyl sites for hydroxylation is 1. The normalized spacial score (nSPS) is 18.1. The summed E-state index contributed by atoms with van der Waals surface area (Å²) in [4.78, 5) is 2.57. The molecule has 0 aliphatic carbocycles. The second-order valence-corrected chi connectivity index (χ2v) is 8.30. The van der Waals surface area contributed by atoms with Crippen molar-refractivity contribution in [1.29, 1.82) is 0 Å². The van der Waals surface area contributed by atoms with Gasteiger partial charge in [0.25, 0.3) is 0 Å². The summed E-state index contributed by atoms with van der Waals surface area (Å²) in [7, 11) is 0. The zero-order chi connectivity index (χ0) is 19.7. The van der Waals surface area contributed by atoms with Gasteiger partial charge in [-0.25, -0.2) is 0 Å². The third-order valence-corrected chi connectivity index (χ3v) is 6.05. The molecule has 1 fully saturated rings. The molecule has 28 heavy (non-hydrogen) atoms. The van der Waals surface area contributed by atoms with Crippen molar-refractivity contribution < 1.29 is 4.52 Å². The van der Waals surface area contributed by atoms with E-state index in [1.54, 1.807) is 0 Å². The molecule has 0 spiro atoms. The first-order chi connectivity index (χ1) is 13.5. The molecule has 1 aliphatic rings. The molecule has 1 saturated heterocycles. The third-order valence-electron chi connectivity index (χ3n) is 6.05. The molecule has 4 rings (SSSR count). The largest absolute Gasteiger partial charge is 0.356 e. The van der Waals surface area contributed by atoms with Crippen molar-refractivity contribution in [3.05, 3.63) is 58.5 Å². The predicted molar refractivity (Wildman–Crippen MR) is 111 cm³/mol. The first-order valence-electron chi connectivity index (χ1n) is 10.3. The molecular formula is C23H30N4O. The number of benzene rings is 1. The quantitative estimate of drug-likeness (QED) is 0.634. The Kier molecular flexibility index (Phi) is 5.36. The van der Waals surface area contributed by atoms with E-state index in [2.05, 4.69) is 65.3 Å². The van der Waals surface area contributed by atoms with Gasteiger partial charge in [0.2, 0.25) is 0 Å². The van der Waals surface area contributed by atoms with Gasteiger partial charge in [-0.2, -0.15) is 5.10 Å². The van der Waals surface area contributed by atoms with Crippen LogP contribution in [0.15, 0.2) is 35.0 Å². The highest BCUT2D eigenvalue weighted by atomic mass is 16.5. The third kappa shape index (κ3) is 3.63. The first kappa shape index (κ1) is 18.9. The molecule has 5 heteroatoms. The van der Waals surface area contributed by atoms with E-state index >= 15 is 0 Å². The Labute approximate surface area is 167 Å². The van der Waals surface area contributed by atoms with Gasteiger partial charge in [0.1, 0.15) is 0 Å². The number of rotatable bonds is 5. The number of hydrogen-bond acceptors (Lipinski definition) is 4. The topological polar surface area (TPSA) is 58.0 Å². The van der Waals surface area contributed by atoms with Gasteiger partial charge in [0.15, 0.2) is 5.76 Å². The predicted octanol–water partition coefficient (Wildman–Crippen LogP) is 5.53. The second kappa shape index (κ2) is 7.92. The fraction of sp³-hybridized carbons (Fsp3) is 0.478. The molecule has 1 N–H and O–H groups in total. The number of aromatic amines is 1. The van der Waals surface area contributed by atoms with Gasteiger partial charge in [0.05, 0.1) is 29.2 Å². The van der Waals surface area contributed by atoms with Crippen LogP contribution >= 0.6 is 0 Å². The van der Waals surface area contributed by atoms with E-state index in [1.807, 2.05) is 13.1 Å². The summed E-state index contributed by atoms with van der Waals surface area (Å²) in [5.41, 5.74) is 6.99. The lowest BCUT2D eigenvalue weighted by Crippen LogP contribution is -2.33. The van der Waals surface area contributed by atoms with E-state index in [-0.39, 0.29) is 0 Å². The molecule has 1 unspecified atom stereocenters. The highest BCUT2D eigenvalue weighted by molar-refractivity contribution is 5.64. The van der Waals surface area contributed by atoms with Crippen molar-refractivity contribution in [1.82, 2.24) is 20.3 Å². The number of aromatic nitrogens is 3. The monoisotopic (exact) mass is 378 g/mol. The van der Waals surface area contributed by atoms with Crippen molar-refractivity contribution >= 4 is 0 Å². The van der Waals surface area contributed by atoms with Crippen molar-refractivity contribution in [2.75, 3.05) is 6.54 Å². The minimum atomic E-state index is 0.320. The van der Waals surface area contributed by atoms with E-state index in [0.717, 1.165) is 47.8 Å². The zero-order valence-electron chi connectivity index (χ0n) is 17.3. The van der Waals surface area contributed by atoms with Crippen LogP contribution < -0.4 is 0 Å². The maximum atomic E-state index is 5.63. The van der Waals surface area contributed by atoms with E-state index in [4.69, 9.17) is 4.52 Å². The maximum Gasteiger partial charge on any atom is 0.173 e. The summed E-state index contributed by atoms with van der Waals surface area (Å²) in [6, 6.07) is 9.40. The summed E-state index contributed by atoms with van der Waals surface area (Å²) < 4.78 is 5.63. The Bertz CT molecular complexity index is 922.